The monoisotopic (exact) mass is 297 g/mol. The van der Waals surface area contributed by atoms with Crippen LogP contribution in [-0.2, 0) is 9.59 Å². The number of benzene rings is 1. The fourth-order valence-corrected chi connectivity index (χ4v) is 2.32. The van der Waals surface area contributed by atoms with Gasteiger partial charge in [0.2, 0.25) is 5.91 Å². The van der Waals surface area contributed by atoms with Gasteiger partial charge in [0, 0.05) is 24.7 Å². The first kappa shape index (κ1) is 14.5. The number of likely N-dealkylation sites (tertiary alicyclic amines) is 1. The molecule has 1 N–H and O–H groups in total. The van der Waals surface area contributed by atoms with E-state index in [0.29, 0.717) is 13.0 Å². The van der Waals surface area contributed by atoms with Crippen molar-refractivity contribution in [3.63, 3.8) is 0 Å². The van der Waals surface area contributed by atoms with Crippen LogP contribution in [0.5, 0.6) is 0 Å². The first-order valence-electron chi connectivity index (χ1n) is 6.13. The third kappa shape index (κ3) is 3.17. The van der Waals surface area contributed by atoms with Gasteiger partial charge in [-0.25, -0.2) is 4.39 Å². The molecule has 1 amide bonds. The Labute approximate surface area is 120 Å². The Morgan fingerprint density at radius 3 is 2.80 bits per heavy atom. The zero-order valence-corrected chi connectivity index (χ0v) is 11.3. The van der Waals surface area contributed by atoms with E-state index in [2.05, 4.69) is 0 Å². The molecule has 0 radical (unpaired) electrons. The van der Waals surface area contributed by atoms with Crippen molar-refractivity contribution in [3.05, 3.63) is 40.7 Å². The van der Waals surface area contributed by atoms with Crippen LogP contribution in [0, 0.1) is 11.7 Å². The molecule has 1 saturated heterocycles. The summed E-state index contributed by atoms with van der Waals surface area (Å²) >= 11 is 5.84. The summed E-state index contributed by atoms with van der Waals surface area (Å²) in [6, 6.07) is 4.27. The molecule has 1 unspecified atom stereocenters. The van der Waals surface area contributed by atoms with Gasteiger partial charge in [-0.1, -0.05) is 17.7 Å². The van der Waals surface area contributed by atoms with E-state index in [1.54, 1.807) is 0 Å². The molecule has 2 rings (SSSR count). The minimum atomic E-state index is -0.901. The van der Waals surface area contributed by atoms with Gasteiger partial charge in [0.25, 0.3) is 0 Å². The van der Waals surface area contributed by atoms with Crippen LogP contribution in [0.2, 0.25) is 5.02 Å². The maximum atomic E-state index is 13.5. The summed E-state index contributed by atoms with van der Waals surface area (Å²) in [4.78, 5) is 24.1. The topological polar surface area (TPSA) is 57.6 Å². The van der Waals surface area contributed by atoms with Gasteiger partial charge in [0.1, 0.15) is 5.82 Å². The number of carboxylic acids is 1. The van der Waals surface area contributed by atoms with Crippen molar-refractivity contribution in [2.24, 2.45) is 5.92 Å². The minimum Gasteiger partial charge on any atom is -0.481 e. The molecule has 1 heterocycles. The van der Waals surface area contributed by atoms with Crippen molar-refractivity contribution in [2.45, 2.75) is 6.42 Å². The Hall–Kier alpha value is -1.88. The molecule has 1 atom stereocenters. The second-order valence-corrected chi connectivity index (χ2v) is 4.98. The van der Waals surface area contributed by atoms with E-state index >= 15 is 0 Å². The van der Waals surface area contributed by atoms with Crippen molar-refractivity contribution >= 4 is 29.6 Å². The second-order valence-electron chi connectivity index (χ2n) is 4.58. The Morgan fingerprint density at radius 1 is 1.45 bits per heavy atom. The Morgan fingerprint density at radius 2 is 2.20 bits per heavy atom. The van der Waals surface area contributed by atoms with E-state index in [-0.39, 0.29) is 23.0 Å². The van der Waals surface area contributed by atoms with Crippen LogP contribution in [0.15, 0.2) is 24.3 Å². The van der Waals surface area contributed by atoms with Gasteiger partial charge >= 0.3 is 5.97 Å². The number of amides is 1. The van der Waals surface area contributed by atoms with Gasteiger partial charge < -0.3 is 10.0 Å². The highest BCUT2D eigenvalue weighted by molar-refractivity contribution is 6.32. The molecule has 1 aromatic carbocycles. The van der Waals surface area contributed by atoms with E-state index in [1.807, 2.05) is 0 Å². The largest absolute Gasteiger partial charge is 0.481 e. The quantitative estimate of drug-likeness (QED) is 0.872. The SMILES string of the molecule is O=C(O)C1CCN(C(=O)C=Cc2c(F)cccc2Cl)C1. The third-order valence-electron chi connectivity index (χ3n) is 3.24. The lowest BCUT2D eigenvalue weighted by Crippen LogP contribution is -2.28. The van der Waals surface area contributed by atoms with E-state index < -0.39 is 17.7 Å². The van der Waals surface area contributed by atoms with E-state index in [9.17, 15) is 14.0 Å². The Bertz CT molecular complexity index is 553. The van der Waals surface area contributed by atoms with Gasteiger partial charge in [-0.3, -0.25) is 9.59 Å². The fourth-order valence-electron chi connectivity index (χ4n) is 2.09. The predicted octanol–water partition coefficient (Wildman–Crippen LogP) is 2.43. The van der Waals surface area contributed by atoms with Crippen LogP contribution in [0.3, 0.4) is 0 Å². The standard InChI is InChI=1S/C14H13ClFNO3/c15-11-2-1-3-12(16)10(11)4-5-13(18)17-7-6-9(8-17)14(19)20/h1-5,9H,6-8H2,(H,19,20). The molecule has 1 aromatic rings. The van der Waals surface area contributed by atoms with Crippen molar-refractivity contribution < 1.29 is 19.1 Å². The van der Waals surface area contributed by atoms with E-state index in [1.165, 1.54) is 35.3 Å². The molecule has 0 aliphatic carbocycles. The van der Waals surface area contributed by atoms with Gasteiger partial charge in [-0.05, 0) is 24.6 Å². The van der Waals surface area contributed by atoms with Crippen LogP contribution in [0.25, 0.3) is 6.08 Å². The second kappa shape index (κ2) is 6.05. The average Bonchev–Trinajstić information content (AvgIpc) is 2.87. The number of aliphatic carboxylic acids is 1. The molecule has 1 fully saturated rings. The molecule has 0 saturated carbocycles. The number of hydrogen-bond acceptors (Lipinski definition) is 2. The van der Waals surface area contributed by atoms with Gasteiger partial charge in [0.15, 0.2) is 0 Å². The van der Waals surface area contributed by atoms with Crippen LogP contribution in [0.1, 0.15) is 12.0 Å². The summed E-state index contributed by atoms with van der Waals surface area (Å²) in [5, 5.41) is 9.09. The van der Waals surface area contributed by atoms with Gasteiger partial charge in [0.05, 0.1) is 10.9 Å². The van der Waals surface area contributed by atoms with Crippen molar-refractivity contribution in [2.75, 3.05) is 13.1 Å². The number of rotatable bonds is 3. The maximum Gasteiger partial charge on any atom is 0.308 e. The normalized spacial score (nSPS) is 18.7. The highest BCUT2D eigenvalue weighted by atomic mass is 35.5. The average molecular weight is 298 g/mol. The van der Waals surface area contributed by atoms with Crippen LogP contribution in [0.4, 0.5) is 4.39 Å². The van der Waals surface area contributed by atoms with Crippen molar-refractivity contribution in [3.8, 4) is 0 Å². The third-order valence-corrected chi connectivity index (χ3v) is 3.57. The lowest BCUT2D eigenvalue weighted by Gasteiger charge is -2.12. The molecule has 0 spiro atoms. The van der Waals surface area contributed by atoms with Gasteiger partial charge in [-0.15, -0.1) is 0 Å². The van der Waals surface area contributed by atoms with Crippen LogP contribution < -0.4 is 0 Å². The number of nitrogens with zero attached hydrogens (tertiary/aromatic N) is 1. The predicted molar refractivity (Wildman–Crippen MR) is 72.8 cm³/mol. The molecular weight excluding hydrogens is 285 g/mol. The molecular formula is C14H13ClFNO3. The van der Waals surface area contributed by atoms with Crippen LogP contribution >= 0.6 is 11.6 Å². The Kier molecular flexibility index (Phi) is 4.39. The first-order valence-corrected chi connectivity index (χ1v) is 6.50. The molecule has 0 bridgehead atoms. The number of carbonyl (C=O) groups is 2. The number of carboxylic acid groups (broad SMARTS) is 1. The smallest absolute Gasteiger partial charge is 0.308 e. The Balaban J connectivity index is 2.05. The lowest BCUT2D eigenvalue weighted by molar-refractivity contribution is -0.141. The zero-order chi connectivity index (χ0) is 14.7. The number of carbonyl (C=O) groups excluding carboxylic acids is 1. The molecule has 0 aromatic heterocycles. The molecule has 1 aliphatic rings. The summed E-state index contributed by atoms with van der Waals surface area (Å²) in [7, 11) is 0. The van der Waals surface area contributed by atoms with Crippen LogP contribution in [-0.4, -0.2) is 35.0 Å². The summed E-state index contributed by atoms with van der Waals surface area (Å²) in [5.41, 5.74) is 0.150. The molecule has 4 nitrogen and oxygen atoms in total. The summed E-state index contributed by atoms with van der Waals surface area (Å²) in [5.74, 6) is -2.27. The molecule has 1 aliphatic heterocycles. The molecule has 106 valence electrons. The highest BCUT2D eigenvalue weighted by Gasteiger charge is 2.29. The first-order chi connectivity index (χ1) is 9.49. The minimum absolute atomic E-state index is 0.150. The lowest BCUT2D eigenvalue weighted by atomic mass is 10.1. The number of halogens is 2. The van der Waals surface area contributed by atoms with Crippen molar-refractivity contribution in [1.82, 2.24) is 4.90 Å². The fraction of sp³-hybridized carbons (Fsp3) is 0.286. The molecule has 20 heavy (non-hydrogen) atoms. The summed E-state index contributed by atoms with van der Waals surface area (Å²) < 4.78 is 13.5. The van der Waals surface area contributed by atoms with Gasteiger partial charge in [-0.2, -0.15) is 0 Å². The maximum absolute atomic E-state index is 13.5. The number of hydrogen-bond donors (Lipinski definition) is 1. The summed E-state index contributed by atoms with van der Waals surface area (Å²) in [6.45, 7) is 0.578. The highest BCUT2D eigenvalue weighted by Crippen LogP contribution is 2.21. The summed E-state index contributed by atoms with van der Waals surface area (Å²) in [6.07, 6.45) is 2.97. The zero-order valence-electron chi connectivity index (χ0n) is 10.6. The van der Waals surface area contributed by atoms with E-state index in [4.69, 9.17) is 16.7 Å². The van der Waals surface area contributed by atoms with Crippen molar-refractivity contribution in [1.29, 1.82) is 0 Å². The van der Waals surface area contributed by atoms with E-state index in [0.717, 1.165) is 0 Å². The molecule has 6 heteroatoms.